The molecular formula is C6H13NO2. The fourth-order valence-electron chi connectivity index (χ4n) is 0.437. The van der Waals surface area contributed by atoms with Gasteiger partial charge in [-0.2, -0.15) is 0 Å². The molecule has 0 aliphatic carbocycles. The van der Waals surface area contributed by atoms with E-state index in [0.717, 1.165) is 6.29 Å². The summed E-state index contributed by atoms with van der Waals surface area (Å²) in [7, 11) is 1.80. The number of hydrogen-bond acceptors (Lipinski definition) is 3. The number of aliphatic hydroxyl groups excluding tert-OH is 1. The number of carbonyl (C=O) groups is 1. The van der Waals surface area contributed by atoms with Gasteiger partial charge in [0.25, 0.3) is 0 Å². The molecule has 0 aliphatic rings. The third kappa shape index (κ3) is 3.21. The molecule has 0 aromatic rings. The van der Waals surface area contributed by atoms with Crippen LogP contribution >= 0.6 is 0 Å². The van der Waals surface area contributed by atoms with Gasteiger partial charge in [0.15, 0.2) is 0 Å². The molecule has 9 heavy (non-hydrogen) atoms. The van der Waals surface area contributed by atoms with Gasteiger partial charge in [0.05, 0.1) is 13.2 Å². The van der Waals surface area contributed by atoms with E-state index in [1.165, 1.54) is 0 Å². The quantitative estimate of drug-likeness (QED) is 0.523. The fraction of sp³-hybridized carbons (Fsp3) is 0.833. The number of aldehydes is 1. The van der Waals surface area contributed by atoms with Crippen LogP contribution in [0, 0.1) is 0 Å². The van der Waals surface area contributed by atoms with Gasteiger partial charge in [0, 0.05) is 6.04 Å². The van der Waals surface area contributed by atoms with Crippen LogP contribution in [0.15, 0.2) is 0 Å². The number of aliphatic hydroxyl groups is 1. The van der Waals surface area contributed by atoms with Crippen LogP contribution in [0.2, 0.25) is 0 Å². The highest BCUT2D eigenvalue weighted by molar-refractivity contribution is 5.51. The third-order valence-corrected chi connectivity index (χ3v) is 1.38. The molecule has 0 saturated heterocycles. The Morgan fingerprint density at radius 2 is 2.33 bits per heavy atom. The summed E-state index contributed by atoms with van der Waals surface area (Å²) in [5.74, 6) is 0. The van der Waals surface area contributed by atoms with Gasteiger partial charge >= 0.3 is 0 Å². The van der Waals surface area contributed by atoms with E-state index >= 15 is 0 Å². The summed E-state index contributed by atoms with van der Waals surface area (Å²) in [5.41, 5.74) is 0. The van der Waals surface area contributed by atoms with Crippen LogP contribution in [0.4, 0.5) is 0 Å². The Morgan fingerprint density at radius 1 is 1.78 bits per heavy atom. The number of hydrogen-bond donors (Lipinski definition) is 1. The standard InChI is InChI=1S/C6H13NO2/c1-6(5-9)7(2)3-4-8/h4,6,9H,3,5H2,1-2H3/t6-/m0/s1. The molecule has 1 N–H and O–H groups in total. The molecule has 0 amide bonds. The van der Waals surface area contributed by atoms with Gasteiger partial charge in [-0.1, -0.05) is 0 Å². The molecule has 0 unspecified atom stereocenters. The zero-order valence-electron chi connectivity index (χ0n) is 5.87. The van der Waals surface area contributed by atoms with Gasteiger partial charge in [-0.15, -0.1) is 0 Å². The molecule has 0 heterocycles. The predicted octanol–water partition coefficient (Wildman–Crippen LogP) is -0.502. The van der Waals surface area contributed by atoms with Gasteiger partial charge in [0.1, 0.15) is 6.29 Å². The van der Waals surface area contributed by atoms with Gasteiger partial charge in [-0.05, 0) is 14.0 Å². The average Bonchev–Trinajstić information content (AvgIpc) is 1.87. The highest BCUT2D eigenvalue weighted by Crippen LogP contribution is 1.89. The minimum Gasteiger partial charge on any atom is -0.395 e. The van der Waals surface area contributed by atoms with Crippen molar-refractivity contribution in [2.75, 3.05) is 20.2 Å². The van der Waals surface area contributed by atoms with Gasteiger partial charge in [-0.3, -0.25) is 4.90 Å². The highest BCUT2D eigenvalue weighted by atomic mass is 16.3. The van der Waals surface area contributed by atoms with Crippen molar-refractivity contribution in [1.82, 2.24) is 4.90 Å². The SMILES string of the molecule is C[C@@H](CO)N(C)CC=O. The Hall–Kier alpha value is -0.410. The number of carbonyl (C=O) groups excluding carboxylic acids is 1. The smallest absolute Gasteiger partial charge is 0.133 e. The zero-order valence-corrected chi connectivity index (χ0v) is 5.87. The van der Waals surface area contributed by atoms with Crippen molar-refractivity contribution in [3.05, 3.63) is 0 Å². The van der Waals surface area contributed by atoms with Crippen molar-refractivity contribution >= 4 is 6.29 Å². The second-order valence-corrected chi connectivity index (χ2v) is 2.14. The van der Waals surface area contributed by atoms with Crippen LogP contribution in [0.3, 0.4) is 0 Å². The summed E-state index contributed by atoms with van der Waals surface area (Å²) in [4.78, 5) is 11.7. The topological polar surface area (TPSA) is 40.5 Å². The maximum atomic E-state index is 9.91. The Morgan fingerprint density at radius 3 is 2.67 bits per heavy atom. The lowest BCUT2D eigenvalue weighted by atomic mass is 10.3. The maximum absolute atomic E-state index is 9.91. The molecule has 3 heteroatoms. The summed E-state index contributed by atoms with van der Waals surface area (Å²) < 4.78 is 0. The third-order valence-electron chi connectivity index (χ3n) is 1.38. The molecule has 0 fully saturated rings. The Labute approximate surface area is 55.3 Å². The van der Waals surface area contributed by atoms with Crippen LogP contribution in [-0.4, -0.2) is 42.5 Å². The lowest BCUT2D eigenvalue weighted by molar-refractivity contribution is -0.109. The van der Waals surface area contributed by atoms with E-state index in [2.05, 4.69) is 0 Å². The van der Waals surface area contributed by atoms with Crippen LogP contribution in [-0.2, 0) is 4.79 Å². The van der Waals surface area contributed by atoms with Crippen molar-refractivity contribution in [1.29, 1.82) is 0 Å². The Bertz CT molecular complexity index is 85.1. The molecule has 0 rings (SSSR count). The van der Waals surface area contributed by atoms with Crippen molar-refractivity contribution < 1.29 is 9.90 Å². The van der Waals surface area contributed by atoms with Gasteiger partial charge in [-0.25, -0.2) is 0 Å². The van der Waals surface area contributed by atoms with Gasteiger partial charge in [0.2, 0.25) is 0 Å². The summed E-state index contributed by atoms with van der Waals surface area (Å²) in [5, 5.41) is 8.57. The van der Waals surface area contributed by atoms with E-state index in [9.17, 15) is 4.79 Å². The Balaban J connectivity index is 3.44. The van der Waals surface area contributed by atoms with Crippen molar-refractivity contribution in [3.63, 3.8) is 0 Å². The molecule has 0 saturated carbocycles. The van der Waals surface area contributed by atoms with Crippen LogP contribution in [0.1, 0.15) is 6.92 Å². The van der Waals surface area contributed by atoms with Gasteiger partial charge < -0.3 is 9.90 Å². The van der Waals surface area contributed by atoms with Crippen LogP contribution in [0.25, 0.3) is 0 Å². The normalized spacial score (nSPS) is 13.8. The predicted molar refractivity (Wildman–Crippen MR) is 35.2 cm³/mol. The second kappa shape index (κ2) is 4.47. The van der Waals surface area contributed by atoms with Crippen molar-refractivity contribution in [2.24, 2.45) is 0 Å². The van der Waals surface area contributed by atoms with E-state index in [1.807, 2.05) is 6.92 Å². The summed E-state index contributed by atoms with van der Waals surface area (Å²) in [6, 6.07) is 0.0789. The molecule has 0 bridgehead atoms. The van der Waals surface area contributed by atoms with Crippen LogP contribution in [0.5, 0.6) is 0 Å². The molecule has 1 atom stereocenters. The van der Waals surface area contributed by atoms with E-state index in [0.29, 0.717) is 6.54 Å². The minimum atomic E-state index is 0.0789. The number of nitrogens with zero attached hydrogens (tertiary/aromatic N) is 1. The second-order valence-electron chi connectivity index (χ2n) is 2.14. The lowest BCUT2D eigenvalue weighted by Gasteiger charge is -2.19. The zero-order chi connectivity index (χ0) is 7.28. The molecule has 0 aliphatic heterocycles. The molecule has 0 radical (unpaired) electrons. The molecule has 0 aromatic carbocycles. The highest BCUT2D eigenvalue weighted by Gasteiger charge is 2.04. The molecular weight excluding hydrogens is 118 g/mol. The fourth-order valence-corrected chi connectivity index (χ4v) is 0.437. The first kappa shape index (κ1) is 8.59. The maximum Gasteiger partial charge on any atom is 0.133 e. The molecule has 3 nitrogen and oxygen atoms in total. The molecule has 54 valence electrons. The first-order valence-electron chi connectivity index (χ1n) is 2.97. The van der Waals surface area contributed by atoms with E-state index < -0.39 is 0 Å². The number of rotatable bonds is 4. The summed E-state index contributed by atoms with van der Waals surface area (Å²) >= 11 is 0. The summed E-state index contributed by atoms with van der Waals surface area (Å²) in [6.07, 6.45) is 0.826. The minimum absolute atomic E-state index is 0.0789. The van der Waals surface area contributed by atoms with Crippen molar-refractivity contribution in [3.8, 4) is 0 Å². The molecule has 0 aromatic heterocycles. The van der Waals surface area contributed by atoms with Crippen LogP contribution < -0.4 is 0 Å². The van der Waals surface area contributed by atoms with E-state index in [1.54, 1.807) is 11.9 Å². The van der Waals surface area contributed by atoms with Crippen molar-refractivity contribution in [2.45, 2.75) is 13.0 Å². The average molecular weight is 131 g/mol. The van der Waals surface area contributed by atoms with E-state index in [-0.39, 0.29) is 12.6 Å². The Kier molecular flexibility index (Phi) is 4.26. The largest absolute Gasteiger partial charge is 0.395 e. The summed E-state index contributed by atoms with van der Waals surface area (Å²) in [6.45, 7) is 2.36. The van der Waals surface area contributed by atoms with E-state index in [4.69, 9.17) is 5.11 Å². The monoisotopic (exact) mass is 131 g/mol. The molecule has 0 spiro atoms. The number of likely N-dealkylation sites (N-methyl/N-ethyl adjacent to an activating group) is 1. The first-order chi connectivity index (χ1) is 4.22. The lowest BCUT2D eigenvalue weighted by Crippen LogP contribution is -2.33. The first-order valence-corrected chi connectivity index (χ1v) is 2.97.